The molecule has 0 bridgehead atoms. The smallest absolute Gasteiger partial charge is 0.222 e. The molecule has 10 heteroatoms. The Kier molecular flexibility index (Phi) is 6.71. The molecule has 0 fully saturated rings. The van der Waals surface area contributed by atoms with Crippen LogP contribution in [0, 0.1) is 0 Å². The highest BCUT2D eigenvalue weighted by atomic mass is 32.2. The molecule has 0 aliphatic rings. The molecule has 3 aromatic rings. The molecule has 0 radical (unpaired) electrons. The largest absolute Gasteiger partial charge is 0.380 e. The lowest BCUT2D eigenvalue weighted by atomic mass is 10.1. The molecule has 0 aliphatic heterocycles. The van der Waals surface area contributed by atoms with Crippen LogP contribution in [0.4, 0.5) is 17.2 Å². The van der Waals surface area contributed by atoms with Crippen molar-refractivity contribution in [3.63, 3.8) is 0 Å². The summed E-state index contributed by atoms with van der Waals surface area (Å²) in [4.78, 5) is 16.0. The third kappa shape index (κ3) is 5.68. The van der Waals surface area contributed by atoms with E-state index >= 15 is 0 Å². The number of rotatable bonds is 8. The molecular formula is C21H25N5O4S. The van der Waals surface area contributed by atoms with Crippen LogP contribution in [0.1, 0.15) is 19.4 Å². The van der Waals surface area contributed by atoms with Gasteiger partial charge in [0.25, 0.3) is 0 Å². The van der Waals surface area contributed by atoms with E-state index in [4.69, 9.17) is 4.74 Å². The summed E-state index contributed by atoms with van der Waals surface area (Å²) >= 11 is 0. The van der Waals surface area contributed by atoms with Gasteiger partial charge in [0.05, 0.1) is 22.9 Å². The molecule has 2 N–H and O–H groups in total. The van der Waals surface area contributed by atoms with Gasteiger partial charge in [-0.3, -0.25) is 9.48 Å². The number of pyridine rings is 1. The number of benzene rings is 1. The maximum atomic E-state index is 12.2. The van der Waals surface area contributed by atoms with Gasteiger partial charge in [-0.05, 0) is 36.8 Å². The second kappa shape index (κ2) is 9.27. The van der Waals surface area contributed by atoms with Crippen molar-refractivity contribution < 1.29 is 17.9 Å². The van der Waals surface area contributed by atoms with E-state index in [0.717, 1.165) is 12.8 Å². The molecule has 0 unspecified atom stereocenters. The van der Waals surface area contributed by atoms with E-state index in [9.17, 15) is 13.2 Å². The summed E-state index contributed by atoms with van der Waals surface area (Å²) < 4.78 is 31.3. The van der Waals surface area contributed by atoms with Crippen LogP contribution in [0.25, 0.3) is 11.3 Å². The van der Waals surface area contributed by atoms with Crippen LogP contribution in [0.15, 0.2) is 47.6 Å². The molecule has 1 aromatic carbocycles. The van der Waals surface area contributed by atoms with Crippen molar-refractivity contribution >= 4 is 32.9 Å². The number of carbonyl (C=O) groups excluding carboxylic acids is 1. The van der Waals surface area contributed by atoms with Crippen LogP contribution < -0.4 is 10.6 Å². The molecule has 0 spiro atoms. The van der Waals surface area contributed by atoms with E-state index in [0.29, 0.717) is 34.0 Å². The zero-order valence-electron chi connectivity index (χ0n) is 17.8. The highest BCUT2D eigenvalue weighted by molar-refractivity contribution is 7.90. The Labute approximate surface area is 181 Å². The number of anilines is 3. The second-order valence-corrected chi connectivity index (χ2v) is 9.06. The summed E-state index contributed by atoms with van der Waals surface area (Å²) in [6.45, 7) is 4.37. The van der Waals surface area contributed by atoms with Gasteiger partial charge in [-0.2, -0.15) is 5.10 Å². The van der Waals surface area contributed by atoms with E-state index in [1.54, 1.807) is 36.2 Å². The minimum Gasteiger partial charge on any atom is -0.380 e. The van der Waals surface area contributed by atoms with Gasteiger partial charge in [-0.1, -0.05) is 0 Å². The Hall–Kier alpha value is -3.24. The van der Waals surface area contributed by atoms with Crippen molar-refractivity contribution in [2.24, 2.45) is 0 Å². The maximum Gasteiger partial charge on any atom is 0.222 e. The van der Waals surface area contributed by atoms with Crippen LogP contribution in [-0.4, -0.2) is 42.5 Å². The normalized spacial score (nSPS) is 11.4. The molecule has 0 atom stereocenters. The fourth-order valence-electron chi connectivity index (χ4n) is 3.05. The van der Waals surface area contributed by atoms with Gasteiger partial charge in [-0.25, -0.2) is 13.4 Å². The average molecular weight is 444 g/mol. The first-order valence-electron chi connectivity index (χ1n) is 9.61. The Morgan fingerprint density at radius 2 is 2.00 bits per heavy atom. The van der Waals surface area contributed by atoms with Crippen molar-refractivity contribution in [3.8, 4) is 11.3 Å². The van der Waals surface area contributed by atoms with Crippen molar-refractivity contribution in [1.82, 2.24) is 14.8 Å². The van der Waals surface area contributed by atoms with Crippen molar-refractivity contribution in [2.75, 3.05) is 24.0 Å². The van der Waals surface area contributed by atoms with Gasteiger partial charge in [0, 0.05) is 56.5 Å². The number of carbonyl (C=O) groups is 1. The van der Waals surface area contributed by atoms with Crippen LogP contribution in [0.3, 0.4) is 0 Å². The van der Waals surface area contributed by atoms with Gasteiger partial charge in [0.15, 0.2) is 9.84 Å². The first-order chi connectivity index (χ1) is 14.7. The van der Waals surface area contributed by atoms with E-state index in [2.05, 4.69) is 20.7 Å². The number of hydrogen-bond acceptors (Lipinski definition) is 7. The van der Waals surface area contributed by atoms with Crippen molar-refractivity contribution in [1.29, 1.82) is 0 Å². The number of sulfone groups is 1. The molecule has 0 saturated carbocycles. The second-order valence-electron chi connectivity index (χ2n) is 7.05. The highest BCUT2D eigenvalue weighted by Gasteiger charge is 2.15. The monoisotopic (exact) mass is 443 g/mol. The Morgan fingerprint density at radius 1 is 1.23 bits per heavy atom. The third-order valence-electron chi connectivity index (χ3n) is 4.43. The number of aryl methyl sites for hydroxylation is 1. The molecule has 0 saturated heterocycles. The number of methoxy groups -OCH3 is 1. The number of ether oxygens (including phenoxy) is 1. The average Bonchev–Trinajstić information content (AvgIpc) is 3.16. The molecule has 31 heavy (non-hydrogen) atoms. The lowest BCUT2D eigenvalue weighted by molar-refractivity contribution is -0.114. The lowest BCUT2D eigenvalue weighted by Gasteiger charge is -2.15. The van der Waals surface area contributed by atoms with Crippen molar-refractivity contribution in [3.05, 3.63) is 48.3 Å². The third-order valence-corrected chi connectivity index (χ3v) is 5.53. The van der Waals surface area contributed by atoms with Gasteiger partial charge in [-0.15, -0.1) is 0 Å². The van der Waals surface area contributed by atoms with Gasteiger partial charge in [0.1, 0.15) is 5.82 Å². The number of aromatic nitrogens is 3. The number of hydrogen-bond donors (Lipinski definition) is 2. The van der Waals surface area contributed by atoms with E-state index in [-0.39, 0.29) is 17.4 Å². The quantitative estimate of drug-likeness (QED) is 0.549. The zero-order chi connectivity index (χ0) is 22.6. The first-order valence-corrected chi connectivity index (χ1v) is 11.5. The standard InChI is InChI=1S/C21H25N5O4S/c1-5-26-7-6-19(25-26)18-12-22-21(23-14(2)27)11-20(18)24-16-8-15(13-30-3)9-17(10-16)31(4,28)29/h6-12H,5,13H2,1-4H3,(H2,22,23,24,27). The minimum absolute atomic E-state index is 0.178. The molecular weight excluding hydrogens is 418 g/mol. The van der Waals surface area contributed by atoms with E-state index in [1.807, 2.05) is 25.3 Å². The molecule has 9 nitrogen and oxygen atoms in total. The fraction of sp³-hybridized carbons (Fsp3) is 0.286. The van der Waals surface area contributed by atoms with E-state index in [1.165, 1.54) is 6.92 Å². The van der Waals surface area contributed by atoms with Crippen LogP contribution in [0.5, 0.6) is 0 Å². The molecule has 1 amide bonds. The summed E-state index contributed by atoms with van der Waals surface area (Å²) in [7, 11) is -1.88. The highest BCUT2D eigenvalue weighted by Crippen LogP contribution is 2.32. The topological polar surface area (TPSA) is 115 Å². The summed E-state index contributed by atoms with van der Waals surface area (Å²) in [5, 5.41) is 10.5. The first kappa shape index (κ1) is 22.4. The zero-order valence-corrected chi connectivity index (χ0v) is 18.7. The molecule has 2 heterocycles. The van der Waals surface area contributed by atoms with Gasteiger partial charge >= 0.3 is 0 Å². The predicted molar refractivity (Wildman–Crippen MR) is 119 cm³/mol. The van der Waals surface area contributed by atoms with Crippen molar-refractivity contribution in [2.45, 2.75) is 31.9 Å². The molecule has 164 valence electrons. The summed E-state index contributed by atoms with van der Waals surface area (Å²) in [5.74, 6) is 0.118. The summed E-state index contributed by atoms with van der Waals surface area (Å²) in [6, 6.07) is 8.51. The Balaban J connectivity index is 2.09. The van der Waals surface area contributed by atoms with Crippen LogP contribution >= 0.6 is 0 Å². The number of nitrogens with zero attached hydrogens (tertiary/aromatic N) is 3. The van der Waals surface area contributed by atoms with Gasteiger partial charge in [0.2, 0.25) is 5.91 Å². The number of amides is 1. The van der Waals surface area contributed by atoms with Crippen LogP contribution in [-0.2, 0) is 32.5 Å². The SMILES string of the molecule is CCn1ccc(-c2cnc(NC(C)=O)cc2Nc2cc(COC)cc(S(C)(=O)=O)c2)n1. The fourth-order valence-corrected chi connectivity index (χ4v) is 3.75. The summed E-state index contributed by atoms with van der Waals surface area (Å²) in [6.07, 6.45) is 4.64. The predicted octanol–water partition coefficient (Wildman–Crippen LogP) is 3.22. The van der Waals surface area contributed by atoms with Gasteiger partial charge < -0.3 is 15.4 Å². The van der Waals surface area contributed by atoms with E-state index < -0.39 is 9.84 Å². The molecule has 3 rings (SSSR count). The molecule has 2 aromatic heterocycles. The van der Waals surface area contributed by atoms with Crippen LogP contribution in [0.2, 0.25) is 0 Å². The number of nitrogens with one attached hydrogen (secondary N) is 2. The Bertz CT molecular complexity index is 1200. The summed E-state index contributed by atoms with van der Waals surface area (Å²) in [5.41, 5.74) is 3.29. The maximum absolute atomic E-state index is 12.2. The molecule has 0 aliphatic carbocycles. The lowest BCUT2D eigenvalue weighted by Crippen LogP contribution is -2.08. The Morgan fingerprint density at radius 3 is 2.61 bits per heavy atom. The minimum atomic E-state index is -3.43.